The highest BCUT2D eigenvalue weighted by Gasteiger charge is 2.01. The van der Waals surface area contributed by atoms with Crippen molar-refractivity contribution >= 4 is 11.9 Å². The van der Waals surface area contributed by atoms with Gasteiger partial charge in [-0.1, -0.05) is 6.07 Å². The van der Waals surface area contributed by atoms with Crippen LogP contribution in [0.3, 0.4) is 0 Å². The van der Waals surface area contributed by atoms with Gasteiger partial charge in [-0.15, -0.1) is 0 Å². The Labute approximate surface area is 101 Å². The van der Waals surface area contributed by atoms with E-state index >= 15 is 0 Å². The van der Waals surface area contributed by atoms with Crippen LogP contribution in [0.4, 0.5) is 0 Å². The third-order valence-electron chi connectivity index (χ3n) is 2.08. The molecule has 1 heterocycles. The van der Waals surface area contributed by atoms with Gasteiger partial charge in [0.15, 0.2) is 5.96 Å². The molecule has 0 bridgehead atoms. The molecular weight excluding hydrogens is 218 g/mol. The predicted molar refractivity (Wildman–Crippen MR) is 66.5 cm³/mol. The summed E-state index contributed by atoms with van der Waals surface area (Å²) in [5, 5.41) is 8.47. The second-order valence-electron chi connectivity index (χ2n) is 3.27. The molecule has 0 unspecified atom stereocenters. The van der Waals surface area contributed by atoms with Crippen molar-refractivity contribution in [3.63, 3.8) is 0 Å². The maximum absolute atomic E-state index is 11.0. The van der Waals surface area contributed by atoms with Crippen LogP contribution in [-0.4, -0.2) is 37.5 Å². The Morgan fingerprint density at radius 1 is 1.41 bits per heavy atom. The Balaban J connectivity index is 2.36. The smallest absolute Gasteiger partial charge is 0.239 e. The van der Waals surface area contributed by atoms with Crippen LogP contribution in [-0.2, 0) is 11.3 Å². The van der Waals surface area contributed by atoms with E-state index in [0.29, 0.717) is 12.5 Å². The van der Waals surface area contributed by atoms with Crippen molar-refractivity contribution in [3.05, 3.63) is 30.1 Å². The number of carbonyl (C=O) groups is 1. The van der Waals surface area contributed by atoms with Crippen molar-refractivity contribution in [2.75, 3.05) is 20.6 Å². The lowest BCUT2D eigenvalue weighted by molar-refractivity contribution is -0.119. The molecule has 6 heteroatoms. The Morgan fingerprint density at radius 3 is 2.82 bits per heavy atom. The molecule has 0 atom stereocenters. The second-order valence-corrected chi connectivity index (χ2v) is 3.27. The fourth-order valence-corrected chi connectivity index (χ4v) is 1.15. The highest BCUT2D eigenvalue weighted by Crippen LogP contribution is 1.91. The first-order valence-electron chi connectivity index (χ1n) is 5.31. The first-order valence-corrected chi connectivity index (χ1v) is 5.31. The zero-order valence-corrected chi connectivity index (χ0v) is 10.0. The number of rotatable bonds is 4. The molecule has 0 radical (unpaired) electrons. The van der Waals surface area contributed by atoms with Crippen LogP contribution in [0.2, 0.25) is 0 Å². The maximum atomic E-state index is 11.0. The molecule has 17 heavy (non-hydrogen) atoms. The Bertz CT molecular complexity index is 377. The van der Waals surface area contributed by atoms with Crippen LogP contribution in [0.5, 0.6) is 0 Å². The number of carbonyl (C=O) groups excluding carboxylic acids is 1. The van der Waals surface area contributed by atoms with Crippen molar-refractivity contribution in [2.24, 2.45) is 4.99 Å². The van der Waals surface area contributed by atoms with Gasteiger partial charge < -0.3 is 16.0 Å². The first kappa shape index (κ1) is 13.0. The number of likely N-dealkylation sites (N-methyl/N-ethyl adjacent to an activating group) is 1. The quantitative estimate of drug-likeness (QED) is 0.485. The van der Waals surface area contributed by atoms with Gasteiger partial charge in [0, 0.05) is 20.3 Å². The molecule has 0 saturated carbocycles. The summed E-state index contributed by atoms with van der Waals surface area (Å²) in [6.07, 6.45) is 1.73. The molecule has 1 aromatic rings. The van der Waals surface area contributed by atoms with Gasteiger partial charge in [0.2, 0.25) is 5.91 Å². The number of amides is 1. The van der Waals surface area contributed by atoms with Gasteiger partial charge in [-0.3, -0.25) is 14.8 Å². The molecule has 0 aliphatic heterocycles. The van der Waals surface area contributed by atoms with Gasteiger partial charge in [0.1, 0.15) is 0 Å². The van der Waals surface area contributed by atoms with Crippen LogP contribution >= 0.6 is 0 Å². The summed E-state index contributed by atoms with van der Waals surface area (Å²) in [5.41, 5.74) is 0.912. The second kappa shape index (κ2) is 7.21. The third kappa shape index (κ3) is 4.96. The molecule has 0 fully saturated rings. The topological polar surface area (TPSA) is 78.4 Å². The van der Waals surface area contributed by atoms with Gasteiger partial charge in [-0.25, -0.2) is 0 Å². The van der Waals surface area contributed by atoms with Gasteiger partial charge in [0.25, 0.3) is 0 Å². The van der Waals surface area contributed by atoms with Crippen LogP contribution in [0.25, 0.3) is 0 Å². The van der Waals surface area contributed by atoms with Crippen molar-refractivity contribution in [3.8, 4) is 0 Å². The van der Waals surface area contributed by atoms with E-state index in [1.165, 1.54) is 0 Å². The van der Waals surface area contributed by atoms with Crippen molar-refractivity contribution in [1.29, 1.82) is 0 Å². The van der Waals surface area contributed by atoms with Crippen LogP contribution in [0.15, 0.2) is 29.4 Å². The van der Waals surface area contributed by atoms with E-state index in [0.717, 1.165) is 5.69 Å². The standard InChI is InChI=1S/C11H17N5O/c1-12-10(17)8-16-11(13-2)15-7-9-5-3-4-6-14-9/h3-6H,7-8H2,1-2H3,(H,12,17)(H2,13,15,16). The molecular formula is C11H17N5O. The lowest BCUT2D eigenvalue weighted by atomic mass is 10.3. The van der Waals surface area contributed by atoms with Crippen LogP contribution in [0.1, 0.15) is 5.69 Å². The molecule has 0 saturated heterocycles. The summed E-state index contributed by atoms with van der Waals surface area (Å²) in [4.78, 5) is 19.2. The molecule has 0 spiro atoms. The monoisotopic (exact) mass is 235 g/mol. The van der Waals surface area contributed by atoms with E-state index in [2.05, 4.69) is 25.9 Å². The minimum atomic E-state index is -0.0919. The van der Waals surface area contributed by atoms with Crippen molar-refractivity contribution < 1.29 is 4.79 Å². The van der Waals surface area contributed by atoms with Crippen molar-refractivity contribution in [1.82, 2.24) is 20.9 Å². The van der Waals surface area contributed by atoms with Crippen LogP contribution < -0.4 is 16.0 Å². The summed E-state index contributed by atoms with van der Waals surface area (Å²) in [5.74, 6) is 0.477. The summed E-state index contributed by atoms with van der Waals surface area (Å²) in [7, 11) is 3.24. The highest BCUT2D eigenvalue weighted by molar-refractivity contribution is 5.86. The highest BCUT2D eigenvalue weighted by atomic mass is 16.1. The van der Waals surface area contributed by atoms with Gasteiger partial charge >= 0.3 is 0 Å². The van der Waals surface area contributed by atoms with E-state index in [9.17, 15) is 4.79 Å². The molecule has 3 N–H and O–H groups in total. The fourth-order valence-electron chi connectivity index (χ4n) is 1.15. The van der Waals surface area contributed by atoms with Gasteiger partial charge in [0.05, 0.1) is 18.8 Å². The molecule has 1 aromatic heterocycles. The SMILES string of the molecule is CN=C(NCC(=O)NC)NCc1ccccn1. The molecule has 92 valence electrons. The minimum absolute atomic E-state index is 0.0919. The van der Waals surface area contributed by atoms with Crippen molar-refractivity contribution in [2.45, 2.75) is 6.54 Å². The van der Waals surface area contributed by atoms with E-state index in [-0.39, 0.29) is 12.5 Å². The number of nitrogens with one attached hydrogen (secondary N) is 3. The number of guanidine groups is 1. The predicted octanol–water partition coefficient (Wildman–Crippen LogP) is -0.507. The maximum Gasteiger partial charge on any atom is 0.239 e. The number of pyridine rings is 1. The van der Waals surface area contributed by atoms with Crippen LogP contribution in [0, 0.1) is 0 Å². The molecule has 0 aromatic carbocycles. The number of hydrogen-bond donors (Lipinski definition) is 3. The molecule has 0 aliphatic carbocycles. The van der Waals surface area contributed by atoms with Gasteiger partial charge in [-0.05, 0) is 12.1 Å². The Hall–Kier alpha value is -2.11. The molecule has 6 nitrogen and oxygen atoms in total. The van der Waals surface area contributed by atoms with E-state index in [1.54, 1.807) is 20.3 Å². The van der Waals surface area contributed by atoms with E-state index in [1.807, 2.05) is 18.2 Å². The van der Waals surface area contributed by atoms with Gasteiger partial charge in [-0.2, -0.15) is 0 Å². The largest absolute Gasteiger partial charge is 0.358 e. The molecule has 1 amide bonds. The minimum Gasteiger partial charge on any atom is -0.358 e. The average Bonchev–Trinajstić information content (AvgIpc) is 2.39. The summed E-state index contributed by atoms with van der Waals surface area (Å²) in [6, 6.07) is 5.70. The first-order chi connectivity index (χ1) is 8.26. The zero-order valence-electron chi connectivity index (χ0n) is 10.0. The molecule has 0 aliphatic rings. The third-order valence-corrected chi connectivity index (χ3v) is 2.08. The summed E-state index contributed by atoms with van der Waals surface area (Å²) >= 11 is 0. The van der Waals surface area contributed by atoms with E-state index < -0.39 is 0 Å². The average molecular weight is 235 g/mol. The van der Waals surface area contributed by atoms with E-state index in [4.69, 9.17) is 0 Å². The number of aliphatic imine (C=N–C) groups is 1. The summed E-state index contributed by atoms with van der Waals surface area (Å²) < 4.78 is 0. The number of nitrogens with zero attached hydrogens (tertiary/aromatic N) is 2. The normalized spacial score (nSPS) is 10.8. The number of hydrogen-bond acceptors (Lipinski definition) is 3. The zero-order chi connectivity index (χ0) is 12.5. The lowest BCUT2D eigenvalue weighted by Gasteiger charge is -2.10. The Kier molecular flexibility index (Phi) is 5.50. The fraction of sp³-hybridized carbons (Fsp3) is 0.364. The Morgan fingerprint density at radius 2 is 2.24 bits per heavy atom. The summed E-state index contributed by atoms with van der Waals surface area (Å²) in [6.45, 7) is 0.757. The number of aromatic nitrogens is 1. The molecule has 1 rings (SSSR count). The lowest BCUT2D eigenvalue weighted by Crippen LogP contribution is -2.42.